The number of thiophene rings is 1. The Hall–Kier alpha value is -0.390. The van der Waals surface area contributed by atoms with E-state index in [1.54, 1.807) is 11.3 Å². The van der Waals surface area contributed by atoms with Gasteiger partial charge in [0.2, 0.25) is 0 Å². The van der Waals surface area contributed by atoms with Crippen molar-refractivity contribution in [2.75, 3.05) is 6.54 Å². The second kappa shape index (κ2) is 6.68. The Balaban J connectivity index is 1.87. The van der Waals surface area contributed by atoms with Crippen molar-refractivity contribution in [2.24, 2.45) is 0 Å². The van der Waals surface area contributed by atoms with E-state index in [9.17, 15) is 5.11 Å². The van der Waals surface area contributed by atoms with Gasteiger partial charge >= 0.3 is 0 Å². The third-order valence-electron chi connectivity index (χ3n) is 2.59. The Labute approximate surface area is 124 Å². The van der Waals surface area contributed by atoms with Crippen LogP contribution in [0.5, 0.6) is 0 Å². The van der Waals surface area contributed by atoms with Gasteiger partial charge in [-0.15, -0.1) is 0 Å². The maximum Gasteiger partial charge on any atom is 0.0922 e. The van der Waals surface area contributed by atoms with E-state index < -0.39 is 6.10 Å². The van der Waals surface area contributed by atoms with Crippen LogP contribution in [0.2, 0.25) is 5.02 Å². The van der Waals surface area contributed by atoms with Gasteiger partial charge in [0, 0.05) is 22.6 Å². The Morgan fingerprint density at radius 2 is 2.22 bits per heavy atom. The summed E-state index contributed by atoms with van der Waals surface area (Å²) in [5.74, 6) is 0. The minimum atomic E-state index is -0.464. The van der Waals surface area contributed by atoms with Gasteiger partial charge in [0.05, 0.1) is 6.10 Å². The van der Waals surface area contributed by atoms with E-state index in [-0.39, 0.29) is 0 Å². The summed E-state index contributed by atoms with van der Waals surface area (Å²) in [7, 11) is 0. The van der Waals surface area contributed by atoms with Crippen LogP contribution in [-0.2, 0) is 6.54 Å². The molecule has 0 aliphatic rings. The highest BCUT2D eigenvalue weighted by Crippen LogP contribution is 2.21. The second-order valence-electron chi connectivity index (χ2n) is 3.94. The van der Waals surface area contributed by atoms with Crippen LogP contribution in [0, 0.1) is 0 Å². The summed E-state index contributed by atoms with van der Waals surface area (Å²) in [6.07, 6.45) is -0.464. The molecule has 18 heavy (non-hydrogen) atoms. The lowest BCUT2D eigenvalue weighted by Gasteiger charge is -2.11. The SMILES string of the molecule is OC(CNCc1cc(Cl)ccc1Br)c1ccsc1. The predicted molar refractivity (Wildman–Crippen MR) is 80.1 cm³/mol. The molecular weight excluding hydrogens is 334 g/mol. The summed E-state index contributed by atoms with van der Waals surface area (Å²) in [5.41, 5.74) is 2.04. The molecule has 96 valence electrons. The van der Waals surface area contributed by atoms with Gasteiger partial charge < -0.3 is 10.4 Å². The molecule has 1 aromatic heterocycles. The van der Waals surface area contributed by atoms with Gasteiger partial charge in [-0.3, -0.25) is 0 Å². The number of aliphatic hydroxyl groups excluding tert-OH is 1. The molecule has 0 aliphatic heterocycles. The predicted octanol–water partition coefficient (Wildman–Crippen LogP) is 3.99. The second-order valence-corrected chi connectivity index (χ2v) is 6.01. The van der Waals surface area contributed by atoms with Gasteiger partial charge in [-0.1, -0.05) is 27.5 Å². The topological polar surface area (TPSA) is 32.3 Å². The molecule has 1 aromatic carbocycles. The largest absolute Gasteiger partial charge is 0.387 e. The van der Waals surface area contributed by atoms with Crippen molar-refractivity contribution < 1.29 is 5.11 Å². The summed E-state index contributed by atoms with van der Waals surface area (Å²) < 4.78 is 1.02. The van der Waals surface area contributed by atoms with E-state index in [2.05, 4.69) is 21.2 Å². The zero-order chi connectivity index (χ0) is 13.0. The number of hydrogen-bond acceptors (Lipinski definition) is 3. The summed E-state index contributed by atoms with van der Waals surface area (Å²) in [6, 6.07) is 7.62. The van der Waals surface area contributed by atoms with Crippen LogP contribution < -0.4 is 5.32 Å². The molecule has 0 amide bonds. The van der Waals surface area contributed by atoms with E-state index in [1.807, 2.05) is 35.0 Å². The molecule has 2 aromatic rings. The summed E-state index contributed by atoms with van der Waals surface area (Å²) in [4.78, 5) is 0. The molecular formula is C13H13BrClNOS. The van der Waals surface area contributed by atoms with E-state index >= 15 is 0 Å². The van der Waals surface area contributed by atoms with Crippen LogP contribution in [-0.4, -0.2) is 11.7 Å². The molecule has 0 fully saturated rings. The molecule has 1 atom stereocenters. The first-order valence-electron chi connectivity index (χ1n) is 5.51. The van der Waals surface area contributed by atoms with Gasteiger partial charge in [-0.05, 0) is 46.2 Å². The Bertz CT molecular complexity index is 504. The number of nitrogens with one attached hydrogen (secondary N) is 1. The number of rotatable bonds is 5. The molecule has 0 saturated carbocycles. The highest BCUT2D eigenvalue weighted by atomic mass is 79.9. The standard InChI is InChI=1S/C13H13BrClNOS/c14-12-2-1-11(15)5-10(12)6-16-7-13(17)9-3-4-18-8-9/h1-5,8,13,16-17H,6-7H2. The minimum Gasteiger partial charge on any atom is -0.387 e. The van der Waals surface area contributed by atoms with Crippen molar-refractivity contribution in [3.63, 3.8) is 0 Å². The molecule has 1 unspecified atom stereocenters. The van der Waals surface area contributed by atoms with Crippen molar-refractivity contribution >= 4 is 38.9 Å². The lowest BCUT2D eigenvalue weighted by atomic mass is 10.2. The van der Waals surface area contributed by atoms with Gasteiger partial charge in [0.15, 0.2) is 0 Å². The zero-order valence-electron chi connectivity index (χ0n) is 9.57. The van der Waals surface area contributed by atoms with E-state index in [0.717, 1.165) is 15.6 Å². The Morgan fingerprint density at radius 1 is 1.39 bits per heavy atom. The average molecular weight is 347 g/mol. The van der Waals surface area contributed by atoms with Crippen LogP contribution in [0.15, 0.2) is 39.5 Å². The smallest absolute Gasteiger partial charge is 0.0922 e. The molecule has 0 aliphatic carbocycles. The molecule has 0 bridgehead atoms. The maximum absolute atomic E-state index is 9.92. The highest BCUT2D eigenvalue weighted by Gasteiger charge is 2.07. The molecule has 1 heterocycles. The zero-order valence-corrected chi connectivity index (χ0v) is 12.7. The Kier molecular flexibility index (Phi) is 5.21. The molecule has 5 heteroatoms. The van der Waals surface area contributed by atoms with E-state index in [0.29, 0.717) is 18.1 Å². The first-order chi connectivity index (χ1) is 8.66. The van der Waals surface area contributed by atoms with E-state index in [1.165, 1.54) is 0 Å². The van der Waals surface area contributed by atoms with Crippen molar-refractivity contribution in [3.05, 3.63) is 55.6 Å². The molecule has 0 saturated heterocycles. The third kappa shape index (κ3) is 3.80. The number of benzene rings is 1. The number of halogens is 2. The lowest BCUT2D eigenvalue weighted by Crippen LogP contribution is -2.20. The molecule has 2 nitrogen and oxygen atoms in total. The first kappa shape index (κ1) is 14.0. The van der Waals surface area contributed by atoms with Crippen molar-refractivity contribution in [1.82, 2.24) is 5.32 Å². The quantitative estimate of drug-likeness (QED) is 0.858. The van der Waals surface area contributed by atoms with Gasteiger partial charge in [0.1, 0.15) is 0 Å². The molecule has 2 rings (SSSR count). The minimum absolute atomic E-state index is 0.464. The van der Waals surface area contributed by atoms with Gasteiger partial charge in [-0.2, -0.15) is 11.3 Å². The number of aliphatic hydroxyl groups is 1. The third-order valence-corrected chi connectivity index (χ3v) is 4.30. The molecule has 0 spiro atoms. The van der Waals surface area contributed by atoms with Crippen molar-refractivity contribution in [2.45, 2.75) is 12.6 Å². The Morgan fingerprint density at radius 3 is 2.94 bits per heavy atom. The van der Waals surface area contributed by atoms with Gasteiger partial charge in [-0.25, -0.2) is 0 Å². The summed E-state index contributed by atoms with van der Waals surface area (Å²) >= 11 is 11.0. The van der Waals surface area contributed by atoms with E-state index in [4.69, 9.17) is 11.6 Å². The van der Waals surface area contributed by atoms with Crippen LogP contribution >= 0.6 is 38.9 Å². The highest BCUT2D eigenvalue weighted by molar-refractivity contribution is 9.10. The summed E-state index contributed by atoms with van der Waals surface area (Å²) in [6.45, 7) is 1.19. The average Bonchev–Trinajstić information content (AvgIpc) is 2.87. The lowest BCUT2D eigenvalue weighted by molar-refractivity contribution is 0.175. The van der Waals surface area contributed by atoms with Crippen molar-refractivity contribution in [3.8, 4) is 0 Å². The fraction of sp³-hybridized carbons (Fsp3) is 0.231. The fourth-order valence-electron chi connectivity index (χ4n) is 1.60. The molecule has 0 radical (unpaired) electrons. The van der Waals surface area contributed by atoms with Crippen molar-refractivity contribution in [1.29, 1.82) is 0 Å². The van der Waals surface area contributed by atoms with Crippen LogP contribution in [0.3, 0.4) is 0 Å². The fourth-order valence-corrected chi connectivity index (χ4v) is 2.89. The monoisotopic (exact) mass is 345 g/mol. The molecule has 2 N–H and O–H groups in total. The van der Waals surface area contributed by atoms with Crippen LogP contribution in [0.1, 0.15) is 17.2 Å². The van der Waals surface area contributed by atoms with Gasteiger partial charge in [0.25, 0.3) is 0 Å². The maximum atomic E-state index is 9.92. The first-order valence-corrected chi connectivity index (χ1v) is 7.63. The number of hydrogen-bond donors (Lipinski definition) is 2. The van der Waals surface area contributed by atoms with Crippen LogP contribution in [0.25, 0.3) is 0 Å². The van der Waals surface area contributed by atoms with Crippen LogP contribution in [0.4, 0.5) is 0 Å². The normalized spacial score (nSPS) is 12.6. The summed E-state index contributed by atoms with van der Waals surface area (Å²) in [5, 5.41) is 17.8.